The van der Waals surface area contributed by atoms with Crippen molar-refractivity contribution in [2.24, 2.45) is 0 Å². The summed E-state index contributed by atoms with van der Waals surface area (Å²) in [7, 11) is 0. The maximum Gasteiger partial charge on any atom is 0.0998 e. The van der Waals surface area contributed by atoms with Crippen LogP contribution in [-0.4, -0.2) is 13.7 Å². The number of hydrogen-bond acceptors (Lipinski definition) is 2. The number of nitriles is 2. The first-order valence-electron chi connectivity index (χ1n) is 18.3. The summed E-state index contributed by atoms with van der Waals surface area (Å²) in [5, 5.41) is 27.6. The molecule has 0 aliphatic carbocycles. The summed E-state index contributed by atoms with van der Waals surface area (Å²) in [4.78, 5) is 0. The SMILES string of the molecule is N#Cc1ccc2c3ccccc3n(-c3cccc(C#N)c3-c3ccccc3-n3c4ccccc4c4cc(-n5c6ccccc6c6ccccc65)ccc43)c2c1. The van der Waals surface area contributed by atoms with Gasteiger partial charge >= 0.3 is 0 Å². The van der Waals surface area contributed by atoms with Crippen LogP contribution in [0, 0.1) is 22.7 Å². The van der Waals surface area contributed by atoms with Crippen LogP contribution in [0.15, 0.2) is 176 Å². The van der Waals surface area contributed by atoms with Crippen molar-refractivity contribution in [2.75, 3.05) is 0 Å². The highest BCUT2D eigenvalue weighted by Gasteiger charge is 2.23. The number of fused-ring (bicyclic) bond motifs is 9. The molecule has 55 heavy (non-hydrogen) atoms. The van der Waals surface area contributed by atoms with Crippen molar-refractivity contribution in [3.05, 3.63) is 187 Å². The Labute approximate surface area is 316 Å². The molecular formula is C50H29N5. The third-order valence-corrected chi connectivity index (χ3v) is 11.1. The molecule has 0 unspecified atom stereocenters. The second kappa shape index (κ2) is 11.8. The maximum atomic E-state index is 10.7. The molecule has 0 atom stereocenters. The van der Waals surface area contributed by atoms with Crippen molar-refractivity contribution in [1.82, 2.24) is 13.7 Å². The van der Waals surface area contributed by atoms with E-state index in [2.05, 4.69) is 153 Å². The summed E-state index contributed by atoms with van der Waals surface area (Å²) < 4.78 is 6.92. The maximum absolute atomic E-state index is 10.7. The molecule has 254 valence electrons. The molecule has 0 saturated heterocycles. The van der Waals surface area contributed by atoms with E-state index in [0.717, 1.165) is 71.8 Å². The monoisotopic (exact) mass is 699 g/mol. The Morgan fingerprint density at radius 1 is 0.345 bits per heavy atom. The van der Waals surface area contributed by atoms with Crippen molar-refractivity contribution < 1.29 is 0 Å². The Morgan fingerprint density at radius 3 is 1.49 bits per heavy atom. The first kappa shape index (κ1) is 30.7. The predicted molar refractivity (Wildman–Crippen MR) is 224 cm³/mol. The van der Waals surface area contributed by atoms with Gasteiger partial charge in [-0.15, -0.1) is 0 Å². The van der Waals surface area contributed by atoms with E-state index in [0.29, 0.717) is 11.1 Å². The first-order chi connectivity index (χ1) is 27.2. The largest absolute Gasteiger partial charge is 0.309 e. The highest BCUT2D eigenvalue weighted by atomic mass is 15.0. The normalized spacial score (nSPS) is 11.6. The fraction of sp³-hybridized carbons (Fsp3) is 0. The van der Waals surface area contributed by atoms with Crippen molar-refractivity contribution in [1.29, 1.82) is 10.5 Å². The molecule has 0 saturated carbocycles. The Morgan fingerprint density at radius 2 is 0.855 bits per heavy atom. The van der Waals surface area contributed by atoms with Gasteiger partial charge in [-0.3, -0.25) is 0 Å². The van der Waals surface area contributed by atoms with E-state index in [1.54, 1.807) is 0 Å². The molecule has 0 amide bonds. The number of aromatic nitrogens is 3. The zero-order valence-electron chi connectivity index (χ0n) is 29.5. The molecule has 8 aromatic carbocycles. The van der Waals surface area contributed by atoms with E-state index in [1.165, 1.54) is 21.8 Å². The molecule has 11 rings (SSSR count). The Hall–Kier alpha value is -7.86. The second-order valence-electron chi connectivity index (χ2n) is 13.9. The van der Waals surface area contributed by atoms with E-state index in [-0.39, 0.29) is 0 Å². The second-order valence-corrected chi connectivity index (χ2v) is 13.9. The summed E-state index contributed by atoms with van der Waals surface area (Å²) in [5.74, 6) is 0. The number of para-hydroxylation sites is 5. The lowest BCUT2D eigenvalue weighted by molar-refractivity contribution is 1.15. The van der Waals surface area contributed by atoms with Gasteiger partial charge < -0.3 is 13.7 Å². The topological polar surface area (TPSA) is 62.4 Å². The minimum Gasteiger partial charge on any atom is -0.309 e. The summed E-state index contributed by atoms with van der Waals surface area (Å²) >= 11 is 0. The van der Waals surface area contributed by atoms with Gasteiger partial charge in [-0.1, -0.05) is 103 Å². The average Bonchev–Trinajstić information content (AvgIpc) is 3.88. The molecule has 0 fully saturated rings. The van der Waals surface area contributed by atoms with Crippen LogP contribution >= 0.6 is 0 Å². The average molecular weight is 700 g/mol. The molecule has 3 heterocycles. The molecule has 0 bridgehead atoms. The molecule has 3 aromatic heterocycles. The van der Waals surface area contributed by atoms with E-state index < -0.39 is 0 Å². The lowest BCUT2D eigenvalue weighted by Crippen LogP contribution is -2.03. The van der Waals surface area contributed by atoms with Gasteiger partial charge in [0, 0.05) is 49.1 Å². The zero-order valence-corrected chi connectivity index (χ0v) is 29.5. The molecule has 11 aromatic rings. The van der Waals surface area contributed by atoms with E-state index in [1.807, 2.05) is 48.5 Å². The number of benzene rings is 8. The van der Waals surface area contributed by atoms with Crippen LogP contribution in [0.1, 0.15) is 11.1 Å². The van der Waals surface area contributed by atoms with Crippen LogP contribution in [0.5, 0.6) is 0 Å². The summed E-state index contributed by atoms with van der Waals surface area (Å²) in [6.07, 6.45) is 0. The highest BCUT2D eigenvalue weighted by Crippen LogP contribution is 2.43. The van der Waals surface area contributed by atoms with Crippen LogP contribution in [0.2, 0.25) is 0 Å². The fourth-order valence-corrected chi connectivity index (χ4v) is 8.84. The minimum absolute atomic E-state index is 0.571. The quantitative estimate of drug-likeness (QED) is 0.184. The predicted octanol–water partition coefficient (Wildman–Crippen LogP) is 12.4. The van der Waals surface area contributed by atoms with Crippen LogP contribution in [0.25, 0.3) is 93.6 Å². The highest BCUT2D eigenvalue weighted by molar-refractivity contribution is 6.13. The van der Waals surface area contributed by atoms with Crippen molar-refractivity contribution in [3.63, 3.8) is 0 Å². The molecule has 0 aliphatic heterocycles. The van der Waals surface area contributed by atoms with Gasteiger partial charge in [0.1, 0.15) is 0 Å². The van der Waals surface area contributed by atoms with Gasteiger partial charge in [-0.05, 0) is 72.8 Å². The van der Waals surface area contributed by atoms with Gasteiger partial charge in [-0.2, -0.15) is 10.5 Å². The lowest BCUT2D eigenvalue weighted by atomic mass is 9.96. The number of nitrogens with zero attached hydrogens (tertiary/aromatic N) is 5. The molecular weight excluding hydrogens is 671 g/mol. The Kier molecular flexibility index (Phi) is 6.61. The minimum atomic E-state index is 0.571. The number of rotatable bonds is 4. The van der Waals surface area contributed by atoms with Gasteiger partial charge in [0.05, 0.1) is 67.7 Å². The van der Waals surface area contributed by atoms with Crippen molar-refractivity contribution in [2.45, 2.75) is 0 Å². The van der Waals surface area contributed by atoms with Crippen LogP contribution in [0.4, 0.5) is 0 Å². The Balaban J connectivity index is 1.20. The number of hydrogen-bond donors (Lipinski definition) is 0. The van der Waals surface area contributed by atoms with E-state index in [4.69, 9.17) is 0 Å². The fourth-order valence-electron chi connectivity index (χ4n) is 8.84. The van der Waals surface area contributed by atoms with Gasteiger partial charge in [0.2, 0.25) is 0 Å². The molecule has 0 aliphatic rings. The van der Waals surface area contributed by atoms with E-state index >= 15 is 0 Å². The van der Waals surface area contributed by atoms with Gasteiger partial charge in [0.15, 0.2) is 0 Å². The smallest absolute Gasteiger partial charge is 0.0998 e. The molecule has 0 N–H and O–H groups in total. The lowest BCUT2D eigenvalue weighted by Gasteiger charge is -2.19. The molecule has 5 nitrogen and oxygen atoms in total. The van der Waals surface area contributed by atoms with E-state index in [9.17, 15) is 10.5 Å². The van der Waals surface area contributed by atoms with Crippen LogP contribution in [-0.2, 0) is 0 Å². The van der Waals surface area contributed by atoms with Crippen LogP contribution in [0.3, 0.4) is 0 Å². The molecule has 0 spiro atoms. The third-order valence-electron chi connectivity index (χ3n) is 11.1. The molecule has 5 heteroatoms. The first-order valence-corrected chi connectivity index (χ1v) is 18.3. The molecule has 0 radical (unpaired) electrons. The summed E-state index contributed by atoms with van der Waals surface area (Å²) in [6, 6.07) is 65.9. The van der Waals surface area contributed by atoms with Gasteiger partial charge in [-0.25, -0.2) is 0 Å². The Bertz CT molecular complexity index is 3420. The van der Waals surface area contributed by atoms with Crippen LogP contribution < -0.4 is 0 Å². The van der Waals surface area contributed by atoms with Crippen molar-refractivity contribution >= 4 is 65.4 Å². The van der Waals surface area contributed by atoms with Crippen molar-refractivity contribution in [3.8, 4) is 40.3 Å². The zero-order chi connectivity index (χ0) is 36.6. The summed E-state index contributed by atoms with van der Waals surface area (Å²) in [6.45, 7) is 0. The summed E-state index contributed by atoms with van der Waals surface area (Å²) in [5.41, 5.74) is 12.3. The van der Waals surface area contributed by atoms with Gasteiger partial charge in [0.25, 0.3) is 0 Å². The third kappa shape index (κ3) is 4.39. The standard InChI is InChI=1S/C50H29N5/c51-30-32-24-26-39-37-15-3-8-20-44(37)55(49(39)28-32)48-23-11-12-33(31-52)50(48)40-17-5-10-22-46(40)54-45-21-9-4-16-38(45)41-29-34(25-27-47(41)54)53-42-18-6-1-13-35(42)36-14-2-7-19-43(36)53/h1-29H.